The third kappa shape index (κ3) is 3.97. The van der Waals surface area contributed by atoms with E-state index in [4.69, 9.17) is 9.47 Å². The molecule has 0 aliphatic carbocycles. The zero-order chi connectivity index (χ0) is 19.4. The highest BCUT2D eigenvalue weighted by molar-refractivity contribution is 6.02. The number of fused-ring (bicyclic) bond motifs is 1. The van der Waals surface area contributed by atoms with Gasteiger partial charge in [0.1, 0.15) is 11.3 Å². The Morgan fingerprint density at radius 1 is 1.07 bits per heavy atom. The highest BCUT2D eigenvalue weighted by atomic mass is 16.5. The van der Waals surface area contributed by atoms with E-state index in [-0.39, 0.29) is 5.78 Å². The van der Waals surface area contributed by atoms with Crippen LogP contribution in [0.4, 0.5) is 0 Å². The zero-order valence-corrected chi connectivity index (χ0v) is 15.5. The van der Waals surface area contributed by atoms with Crippen LogP contribution in [0.3, 0.4) is 0 Å². The third-order valence-electron chi connectivity index (χ3n) is 4.15. The summed E-state index contributed by atoms with van der Waals surface area (Å²) >= 11 is 0. The van der Waals surface area contributed by atoms with Gasteiger partial charge in [-0.15, -0.1) is 5.10 Å². The van der Waals surface area contributed by atoms with Crippen LogP contribution < -0.4 is 4.74 Å². The minimum atomic E-state index is -0.905. The van der Waals surface area contributed by atoms with Crippen LogP contribution in [0.25, 0.3) is 11.0 Å². The van der Waals surface area contributed by atoms with Crippen molar-refractivity contribution in [1.29, 1.82) is 0 Å². The number of rotatable bonds is 7. The van der Waals surface area contributed by atoms with Gasteiger partial charge in [-0.05, 0) is 63.2 Å². The Hall–Kier alpha value is -3.22. The normalized spacial score (nSPS) is 12.0. The molecule has 7 heteroatoms. The van der Waals surface area contributed by atoms with E-state index in [9.17, 15) is 9.59 Å². The number of aryl methyl sites for hydroxylation is 1. The maximum atomic E-state index is 12.5. The smallest absolute Gasteiger partial charge is 0.338 e. The maximum absolute atomic E-state index is 12.5. The molecule has 0 N–H and O–H groups in total. The van der Waals surface area contributed by atoms with Crippen LogP contribution in [0.5, 0.6) is 5.75 Å². The zero-order valence-electron chi connectivity index (χ0n) is 15.5. The monoisotopic (exact) mass is 367 g/mol. The summed E-state index contributed by atoms with van der Waals surface area (Å²) < 4.78 is 12.4. The summed E-state index contributed by atoms with van der Waals surface area (Å²) in [5, 5.41) is 8.06. The van der Waals surface area contributed by atoms with Crippen molar-refractivity contribution in [3.05, 3.63) is 53.6 Å². The molecule has 0 aliphatic rings. The van der Waals surface area contributed by atoms with Gasteiger partial charge in [0.05, 0.1) is 17.7 Å². The molecule has 0 saturated carbocycles. The molecule has 0 fully saturated rings. The fraction of sp³-hybridized carbons (Fsp3) is 0.300. The number of carbonyl (C=O) groups is 2. The lowest BCUT2D eigenvalue weighted by atomic mass is 10.1. The predicted octanol–water partition coefficient (Wildman–Crippen LogP) is 3.28. The molecule has 0 bridgehead atoms. The molecule has 0 saturated heterocycles. The Labute approximate surface area is 156 Å². The van der Waals surface area contributed by atoms with Crippen molar-refractivity contribution in [2.75, 3.05) is 6.61 Å². The lowest BCUT2D eigenvalue weighted by Crippen LogP contribution is -2.24. The summed E-state index contributed by atoms with van der Waals surface area (Å²) in [6.45, 7) is 6.65. The van der Waals surface area contributed by atoms with E-state index >= 15 is 0 Å². The Morgan fingerprint density at radius 2 is 1.78 bits per heavy atom. The largest absolute Gasteiger partial charge is 0.494 e. The first kappa shape index (κ1) is 18.6. The highest BCUT2D eigenvalue weighted by Crippen LogP contribution is 2.17. The minimum absolute atomic E-state index is 0.274. The van der Waals surface area contributed by atoms with Crippen molar-refractivity contribution in [2.45, 2.75) is 33.4 Å². The van der Waals surface area contributed by atoms with Gasteiger partial charge in [0, 0.05) is 12.1 Å². The number of Topliss-reactive ketones (excluding diaryl/α,β-unsaturated/α-hetero) is 1. The van der Waals surface area contributed by atoms with Crippen molar-refractivity contribution >= 4 is 22.8 Å². The van der Waals surface area contributed by atoms with Crippen LogP contribution in [0.1, 0.15) is 41.5 Å². The number of hydrogen-bond donors (Lipinski definition) is 0. The maximum Gasteiger partial charge on any atom is 0.338 e. The van der Waals surface area contributed by atoms with E-state index < -0.39 is 12.1 Å². The number of ketones is 1. The topological polar surface area (TPSA) is 83.3 Å². The molecule has 3 aromatic rings. The first-order valence-electron chi connectivity index (χ1n) is 8.84. The molecule has 0 spiro atoms. The summed E-state index contributed by atoms with van der Waals surface area (Å²) in [4.78, 5) is 24.9. The van der Waals surface area contributed by atoms with Gasteiger partial charge in [-0.1, -0.05) is 5.21 Å². The minimum Gasteiger partial charge on any atom is -0.494 e. The van der Waals surface area contributed by atoms with Crippen molar-refractivity contribution in [3.8, 4) is 5.75 Å². The van der Waals surface area contributed by atoms with E-state index in [1.807, 2.05) is 13.8 Å². The molecule has 1 heterocycles. The molecule has 140 valence electrons. The van der Waals surface area contributed by atoms with Gasteiger partial charge in [-0.3, -0.25) is 4.79 Å². The van der Waals surface area contributed by atoms with Gasteiger partial charge in [0.2, 0.25) is 5.78 Å². The average molecular weight is 367 g/mol. The van der Waals surface area contributed by atoms with Crippen molar-refractivity contribution < 1.29 is 19.1 Å². The lowest BCUT2D eigenvalue weighted by Gasteiger charge is -2.13. The summed E-state index contributed by atoms with van der Waals surface area (Å²) in [5.41, 5.74) is 2.24. The summed E-state index contributed by atoms with van der Waals surface area (Å²) in [5.74, 6) is -0.161. The number of benzene rings is 2. The van der Waals surface area contributed by atoms with Gasteiger partial charge in [-0.2, -0.15) is 0 Å². The summed E-state index contributed by atoms with van der Waals surface area (Å²) in [7, 11) is 0. The molecule has 0 amide bonds. The second-order valence-corrected chi connectivity index (χ2v) is 5.98. The van der Waals surface area contributed by atoms with E-state index in [0.29, 0.717) is 35.5 Å². The lowest BCUT2D eigenvalue weighted by molar-refractivity contribution is 0.0319. The SMILES string of the molecule is CCOc1ccc(C(=O)[C@H](C)OC(=O)c2ccc3c(c2)nnn3CC)cc1. The standard InChI is InChI=1S/C20H21N3O4/c1-4-23-18-11-8-15(12-17(18)21-22-23)20(25)27-13(3)19(24)14-6-9-16(10-7-14)26-5-2/h6-13H,4-5H2,1-3H3/t13-/m0/s1. The van der Waals surface area contributed by atoms with Crippen molar-refractivity contribution in [2.24, 2.45) is 0 Å². The Morgan fingerprint density at radius 3 is 2.44 bits per heavy atom. The van der Waals surface area contributed by atoms with Crippen LogP contribution in [0.15, 0.2) is 42.5 Å². The van der Waals surface area contributed by atoms with Gasteiger partial charge in [0.15, 0.2) is 6.10 Å². The molecular formula is C20H21N3O4. The number of hydrogen-bond acceptors (Lipinski definition) is 6. The molecular weight excluding hydrogens is 346 g/mol. The highest BCUT2D eigenvalue weighted by Gasteiger charge is 2.21. The number of esters is 1. The van der Waals surface area contributed by atoms with Crippen molar-refractivity contribution in [1.82, 2.24) is 15.0 Å². The predicted molar refractivity (Wildman–Crippen MR) is 100 cm³/mol. The molecule has 27 heavy (non-hydrogen) atoms. The van der Waals surface area contributed by atoms with Crippen LogP contribution in [-0.4, -0.2) is 39.5 Å². The van der Waals surface area contributed by atoms with E-state index in [1.165, 1.54) is 0 Å². The quantitative estimate of drug-likeness (QED) is 0.471. The number of ether oxygens (including phenoxy) is 2. The van der Waals surface area contributed by atoms with E-state index in [0.717, 1.165) is 5.52 Å². The van der Waals surface area contributed by atoms with Gasteiger partial charge in [-0.25, -0.2) is 9.48 Å². The van der Waals surface area contributed by atoms with E-state index in [1.54, 1.807) is 54.1 Å². The Balaban J connectivity index is 1.70. The second-order valence-electron chi connectivity index (χ2n) is 5.98. The van der Waals surface area contributed by atoms with Gasteiger partial charge < -0.3 is 9.47 Å². The Kier molecular flexibility index (Phi) is 5.49. The molecule has 0 unspecified atom stereocenters. The number of aromatic nitrogens is 3. The first-order valence-corrected chi connectivity index (χ1v) is 8.84. The van der Waals surface area contributed by atoms with Gasteiger partial charge >= 0.3 is 5.97 Å². The third-order valence-corrected chi connectivity index (χ3v) is 4.15. The van der Waals surface area contributed by atoms with Crippen LogP contribution in [0.2, 0.25) is 0 Å². The first-order chi connectivity index (χ1) is 13.0. The number of nitrogens with zero attached hydrogens (tertiary/aromatic N) is 3. The van der Waals surface area contributed by atoms with Crippen molar-refractivity contribution in [3.63, 3.8) is 0 Å². The molecule has 0 radical (unpaired) electrons. The summed E-state index contributed by atoms with van der Waals surface area (Å²) in [6.07, 6.45) is -0.905. The average Bonchev–Trinajstić information content (AvgIpc) is 3.10. The van der Waals surface area contributed by atoms with Crippen LogP contribution in [-0.2, 0) is 11.3 Å². The molecule has 3 rings (SSSR count). The van der Waals surface area contributed by atoms with Gasteiger partial charge in [0.25, 0.3) is 0 Å². The molecule has 1 atom stereocenters. The fourth-order valence-corrected chi connectivity index (χ4v) is 2.73. The fourth-order valence-electron chi connectivity index (χ4n) is 2.73. The van der Waals surface area contributed by atoms with E-state index in [2.05, 4.69) is 10.3 Å². The summed E-state index contributed by atoms with van der Waals surface area (Å²) in [6, 6.07) is 11.8. The number of carbonyl (C=O) groups excluding carboxylic acids is 2. The molecule has 1 aromatic heterocycles. The van der Waals surface area contributed by atoms with Crippen LogP contribution >= 0.6 is 0 Å². The molecule has 0 aliphatic heterocycles. The second kappa shape index (κ2) is 7.99. The molecule has 2 aromatic carbocycles. The molecule has 7 nitrogen and oxygen atoms in total. The van der Waals surface area contributed by atoms with Crippen LogP contribution in [0, 0.1) is 0 Å². The Bertz CT molecular complexity index is 963.